The second kappa shape index (κ2) is 10.9. The van der Waals surface area contributed by atoms with E-state index in [2.05, 4.69) is 0 Å². The highest BCUT2D eigenvalue weighted by Gasteiger charge is 2.57. The van der Waals surface area contributed by atoms with E-state index in [9.17, 15) is 14.4 Å². The lowest BCUT2D eigenvalue weighted by Gasteiger charge is -2.39. The standard InChI is InChI=1S/C27H30O6/c1-4-31-25(29)17-27(26(30)32-5-2)23(21-13-11-19(3)12-14-21)15-22(16-24(27)28)33-18-20-9-7-6-8-10-20/h6-14,16,23H,4-5,15,17-18H2,1-3H3. The Morgan fingerprint density at radius 2 is 1.64 bits per heavy atom. The van der Waals surface area contributed by atoms with Crippen molar-refractivity contribution in [2.45, 2.75) is 46.1 Å². The first-order valence-corrected chi connectivity index (χ1v) is 11.2. The van der Waals surface area contributed by atoms with Crippen LogP contribution in [0.5, 0.6) is 0 Å². The van der Waals surface area contributed by atoms with Crippen LogP contribution in [0.1, 0.15) is 49.3 Å². The van der Waals surface area contributed by atoms with Crippen molar-refractivity contribution in [3.05, 3.63) is 83.1 Å². The van der Waals surface area contributed by atoms with E-state index in [0.717, 1.165) is 16.7 Å². The maximum atomic E-state index is 13.6. The van der Waals surface area contributed by atoms with E-state index in [1.54, 1.807) is 13.8 Å². The van der Waals surface area contributed by atoms with Gasteiger partial charge >= 0.3 is 11.9 Å². The zero-order chi connectivity index (χ0) is 23.8. The Hall–Kier alpha value is -3.41. The molecule has 0 fully saturated rings. The van der Waals surface area contributed by atoms with Crippen LogP contribution in [-0.2, 0) is 35.2 Å². The summed E-state index contributed by atoms with van der Waals surface area (Å²) in [6.45, 7) is 5.87. The van der Waals surface area contributed by atoms with Gasteiger partial charge in [-0.15, -0.1) is 0 Å². The van der Waals surface area contributed by atoms with Crippen molar-refractivity contribution in [3.8, 4) is 0 Å². The minimum absolute atomic E-state index is 0.0956. The molecule has 0 N–H and O–H groups in total. The van der Waals surface area contributed by atoms with Crippen LogP contribution in [-0.4, -0.2) is 30.9 Å². The zero-order valence-corrected chi connectivity index (χ0v) is 19.3. The molecule has 1 aliphatic carbocycles. The van der Waals surface area contributed by atoms with Crippen LogP contribution >= 0.6 is 0 Å². The van der Waals surface area contributed by atoms with Gasteiger partial charge in [0, 0.05) is 18.4 Å². The third-order valence-electron chi connectivity index (χ3n) is 5.85. The fourth-order valence-electron chi connectivity index (χ4n) is 4.16. The van der Waals surface area contributed by atoms with Gasteiger partial charge in [0.25, 0.3) is 0 Å². The second-order valence-corrected chi connectivity index (χ2v) is 8.09. The van der Waals surface area contributed by atoms with Gasteiger partial charge in [0.15, 0.2) is 5.78 Å². The molecule has 0 radical (unpaired) electrons. The summed E-state index contributed by atoms with van der Waals surface area (Å²) in [4.78, 5) is 39.4. The molecular formula is C27H30O6. The number of ether oxygens (including phenoxy) is 3. The molecule has 0 spiro atoms. The van der Waals surface area contributed by atoms with Gasteiger partial charge in [-0.05, 0) is 31.9 Å². The maximum Gasteiger partial charge on any atom is 0.321 e. The van der Waals surface area contributed by atoms with Gasteiger partial charge in [-0.2, -0.15) is 0 Å². The summed E-state index contributed by atoms with van der Waals surface area (Å²) in [6, 6.07) is 17.2. The van der Waals surface area contributed by atoms with Crippen LogP contribution in [0.4, 0.5) is 0 Å². The van der Waals surface area contributed by atoms with Crippen molar-refractivity contribution in [2.75, 3.05) is 13.2 Å². The topological polar surface area (TPSA) is 78.9 Å². The summed E-state index contributed by atoms with van der Waals surface area (Å²) >= 11 is 0. The number of hydrogen-bond donors (Lipinski definition) is 0. The Labute approximate surface area is 194 Å². The van der Waals surface area contributed by atoms with Gasteiger partial charge in [0.05, 0.1) is 19.6 Å². The monoisotopic (exact) mass is 450 g/mol. The first-order valence-electron chi connectivity index (χ1n) is 11.2. The van der Waals surface area contributed by atoms with Crippen LogP contribution in [0.3, 0.4) is 0 Å². The Morgan fingerprint density at radius 3 is 2.27 bits per heavy atom. The van der Waals surface area contributed by atoms with E-state index < -0.39 is 29.1 Å². The fourth-order valence-corrected chi connectivity index (χ4v) is 4.16. The molecule has 174 valence electrons. The smallest absolute Gasteiger partial charge is 0.321 e. The van der Waals surface area contributed by atoms with E-state index in [-0.39, 0.29) is 26.1 Å². The summed E-state index contributed by atoms with van der Waals surface area (Å²) in [5.74, 6) is -2.00. The third kappa shape index (κ3) is 5.51. The predicted molar refractivity (Wildman–Crippen MR) is 123 cm³/mol. The molecule has 0 aliphatic heterocycles. The predicted octanol–water partition coefficient (Wildman–Crippen LogP) is 4.65. The van der Waals surface area contributed by atoms with Gasteiger partial charge in [-0.25, -0.2) is 0 Å². The Bertz CT molecular complexity index is 1010. The lowest BCUT2D eigenvalue weighted by Crippen LogP contribution is -2.49. The summed E-state index contributed by atoms with van der Waals surface area (Å²) in [5.41, 5.74) is 1.06. The Kier molecular flexibility index (Phi) is 8.04. The van der Waals surface area contributed by atoms with Crippen LogP contribution < -0.4 is 0 Å². The van der Waals surface area contributed by atoms with Crippen molar-refractivity contribution in [3.63, 3.8) is 0 Å². The number of ketones is 1. The number of carbonyl (C=O) groups is 3. The van der Waals surface area contributed by atoms with Crippen molar-refractivity contribution >= 4 is 17.7 Å². The number of benzene rings is 2. The molecule has 0 saturated carbocycles. The molecule has 6 heteroatoms. The van der Waals surface area contributed by atoms with Crippen molar-refractivity contribution in [2.24, 2.45) is 5.41 Å². The van der Waals surface area contributed by atoms with E-state index in [1.165, 1.54) is 6.08 Å². The van der Waals surface area contributed by atoms with E-state index in [0.29, 0.717) is 12.4 Å². The quantitative estimate of drug-likeness (QED) is 0.409. The van der Waals surface area contributed by atoms with E-state index >= 15 is 0 Å². The average molecular weight is 451 g/mol. The van der Waals surface area contributed by atoms with Crippen molar-refractivity contribution in [1.82, 2.24) is 0 Å². The molecule has 6 nitrogen and oxygen atoms in total. The first-order chi connectivity index (χ1) is 15.9. The highest BCUT2D eigenvalue weighted by Crippen LogP contribution is 2.49. The molecule has 2 atom stereocenters. The van der Waals surface area contributed by atoms with Gasteiger partial charge < -0.3 is 14.2 Å². The number of hydrogen-bond acceptors (Lipinski definition) is 6. The molecule has 2 aromatic rings. The molecule has 0 aromatic heterocycles. The molecule has 0 bridgehead atoms. The number of allylic oxidation sites excluding steroid dienone is 2. The molecule has 2 unspecified atom stereocenters. The van der Waals surface area contributed by atoms with E-state index in [1.807, 2.05) is 61.5 Å². The lowest BCUT2D eigenvalue weighted by atomic mass is 9.63. The largest absolute Gasteiger partial charge is 0.493 e. The molecular weight excluding hydrogens is 420 g/mol. The van der Waals surface area contributed by atoms with Gasteiger partial charge in [-0.1, -0.05) is 60.2 Å². The molecule has 0 saturated heterocycles. The number of aryl methyl sites for hydroxylation is 1. The van der Waals surface area contributed by atoms with Crippen molar-refractivity contribution < 1.29 is 28.6 Å². The third-order valence-corrected chi connectivity index (χ3v) is 5.85. The summed E-state index contributed by atoms with van der Waals surface area (Å²) in [5, 5.41) is 0. The van der Waals surface area contributed by atoms with Crippen LogP contribution in [0, 0.1) is 12.3 Å². The van der Waals surface area contributed by atoms with Gasteiger partial charge in [-0.3, -0.25) is 14.4 Å². The number of carbonyl (C=O) groups excluding carboxylic acids is 3. The average Bonchev–Trinajstić information content (AvgIpc) is 2.80. The van der Waals surface area contributed by atoms with Gasteiger partial charge in [0.2, 0.25) is 0 Å². The lowest BCUT2D eigenvalue weighted by molar-refractivity contribution is -0.168. The molecule has 1 aliphatic rings. The van der Waals surface area contributed by atoms with Crippen molar-refractivity contribution in [1.29, 1.82) is 0 Å². The maximum absolute atomic E-state index is 13.6. The zero-order valence-electron chi connectivity index (χ0n) is 19.3. The Balaban J connectivity index is 2.03. The fraction of sp³-hybridized carbons (Fsp3) is 0.370. The van der Waals surface area contributed by atoms with Crippen LogP contribution in [0.15, 0.2) is 66.4 Å². The normalized spacial score (nSPS) is 20.0. The minimum atomic E-state index is -1.71. The molecule has 2 aromatic carbocycles. The highest BCUT2D eigenvalue weighted by atomic mass is 16.5. The molecule has 3 rings (SSSR count). The second-order valence-electron chi connectivity index (χ2n) is 8.09. The SMILES string of the molecule is CCOC(=O)CC1(C(=O)OCC)C(=O)C=C(OCc2ccccc2)CC1c1ccc(C)cc1. The summed E-state index contributed by atoms with van der Waals surface area (Å²) in [6.07, 6.45) is 1.23. The summed E-state index contributed by atoms with van der Waals surface area (Å²) in [7, 11) is 0. The molecule has 0 heterocycles. The Morgan fingerprint density at radius 1 is 0.970 bits per heavy atom. The van der Waals surface area contributed by atoms with E-state index in [4.69, 9.17) is 14.2 Å². The van der Waals surface area contributed by atoms with Crippen LogP contribution in [0.25, 0.3) is 0 Å². The van der Waals surface area contributed by atoms with Gasteiger partial charge in [0.1, 0.15) is 17.8 Å². The molecule has 33 heavy (non-hydrogen) atoms. The summed E-state index contributed by atoms with van der Waals surface area (Å²) < 4.78 is 16.4. The number of esters is 2. The molecule has 0 amide bonds. The minimum Gasteiger partial charge on any atom is -0.493 e. The first kappa shape index (κ1) is 24.2. The van der Waals surface area contributed by atoms with Crippen LogP contribution in [0.2, 0.25) is 0 Å². The number of rotatable bonds is 9. The highest BCUT2D eigenvalue weighted by molar-refractivity contribution is 6.13.